The van der Waals surface area contributed by atoms with Gasteiger partial charge in [-0.05, 0) is 37.8 Å². The maximum absolute atomic E-state index is 12.9. The van der Waals surface area contributed by atoms with Gasteiger partial charge in [0.2, 0.25) is 5.91 Å². The van der Waals surface area contributed by atoms with Crippen LogP contribution >= 0.6 is 0 Å². The molecule has 29 heavy (non-hydrogen) atoms. The average molecular weight is 396 g/mol. The smallest absolute Gasteiger partial charge is 0.268 e. The van der Waals surface area contributed by atoms with Gasteiger partial charge < -0.3 is 20.3 Å². The van der Waals surface area contributed by atoms with Crippen molar-refractivity contribution >= 4 is 22.7 Å². The standard InChI is InChI=1S/C22H28N4O3/c1-26-19-11-5-2-7-15(19)13-20(26)22(29)25-18-10-4-3-9-17(18)21(28)24-16(14-23)8-6-12-27/h2,5,7,11,13,16-18,27H,3-4,6,8-10,12H2,1H3,(H,24,28)(H,25,29). The van der Waals surface area contributed by atoms with E-state index in [9.17, 15) is 14.9 Å². The van der Waals surface area contributed by atoms with Gasteiger partial charge in [-0.2, -0.15) is 5.26 Å². The van der Waals surface area contributed by atoms with Gasteiger partial charge in [0.1, 0.15) is 11.7 Å². The third-order valence-electron chi connectivity index (χ3n) is 5.73. The first-order chi connectivity index (χ1) is 14.0. The molecule has 7 heteroatoms. The Morgan fingerprint density at radius 3 is 2.79 bits per heavy atom. The van der Waals surface area contributed by atoms with Gasteiger partial charge in [-0.3, -0.25) is 9.59 Å². The van der Waals surface area contributed by atoms with Crippen LogP contribution in [0.2, 0.25) is 0 Å². The van der Waals surface area contributed by atoms with Gasteiger partial charge >= 0.3 is 0 Å². The zero-order chi connectivity index (χ0) is 20.8. The summed E-state index contributed by atoms with van der Waals surface area (Å²) in [6.45, 7) is -0.0127. The van der Waals surface area contributed by atoms with E-state index in [4.69, 9.17) is 5.11 Å². The summed E-state index contributed by atoms with van der Waals surface area (Å²) in [7, 11) is 1.86. The Hall–Kier alpha value is -2.85. The van der Waals surface area contributed by atoms with Crippen molar-refractivity contribution < 1.29 is 14.7 Å². The molecule has 3 N–H and O–H groups in total. The molecule has 3 rings (SSSR count). The van der Waals surface area contributed by atoms with E-state index < -0.39 is 6.04 Å². The summed E-state index contributed by atoms with van der Waals surface area (Å²) in [4.78, 5) is 25.7. The number of hydrogen-bond acceptors (Lipinski definition) is 4. The number of aromatic nitrogens is 1. The number of hydrogen-bond donors (Lipinski definition) is 3. The Kier molecular flexibility index (Phi) is 6.89. The van der Waals surface area contributed by atoms with Crippen molar-refractivity contribution in [2.45, 2.75) is 50.6 Å². The Bertz CT molecular complexity index is 914. The van der Waals surface area contributed by atoms with Gasteiger partial charge in [0.25, 0.3) is 5.91 Å². The molecule has 154 valence electrons. The molecular formula is C22H28N4O3. The lowest BCUT2D eigenvalue weighted by molar-refractivity contribution is -0.127. The summed E-state index contributed by atoms with van der Waals surface area (Å²) >= 11 is 0. The van der Waals surface area contributed by atoms with Gasteiger partial charge in [-0.1, -0.05) is 31.0 Å². The molecule has 2 amide bonds. The van der Waals surface area contributed by atoms with Gasteiger partial charge in [0.15, 0.2) is 0 Å². The second kappa shape index (κ2) is 9.57. The minimum atomic E-state index is -0.619. The molecule has 3 unspecified atom stereocenters. The van der Waals surface area contributed by atoms with Gasteiger partial charge in [-0.15, -0.1) is 0 Å². The first kappa shape index (κ1) is 20.9. The Balaban J connectivity index is 1.70. The fraction of sp³-hybridized carbons (Fsp3) is 0.500. The Labute approximate surface area is 170 Å². The summed E-state index contributed by atoms with van der Waals surface area (Å²) in [5, 5.41) is 25.0. The highest BCUT2D eigenvalue weighted by Gasteiger charge is 2.33. The number of benzene rings is 1. The molecule has 1 aliphatic rings. The normalized spacial score (nSPS) is 20.0. The van der Waals surface area contributed by atoms with Crippen molar-refractivity contribution in [2.75, 3.05) is 6.61 Å². The van der Waals surface area contributed by atoms with E-state index in [1.807, 2.05) is 41.9 Å². The Morgan fingerprint density at radius 2 is 2.07 bits per heavy atom. The van der Waals surface area contributed by atoms with Gasteiger partial charge in [-0.25, -0.2) is 0 Å². The van der Waals surface area contributed by atoms with Crippen LogP contribution in [0.15, 0.2) is 30.3 Å². The number of rotatable bonds is 7. The highest BCUT2D eigenvalue weighted by molar-refractivity contribution is 5.99. The molecule has 0 aliphatic heterocycles. The molecule has 0 saturated heterocycles. The topological polar surface area (TPSA) is 107 Å². The van der Waals surface area contributed by atoms with Crippen LogP contribution in [0.1, 0.15) is 49.0 Å². The van der Waals surface area contributed by atoms with Crippen LogP contribution in [0.4, 0.5) is 0 Å². The molecule has 1 fully saturated rings. The van der Waals surface area contributed by atoms with E-state index >= 15 is 0 Å². The molecule has 0 bridgehead atoms. The summed E-state index contributed by atoms with van der Waals surface area (Å²) < 4.78 is 1.86. The van der Waals surface area contributed by atoms with E-state index in [0.29, 0.717) is 25.0 Å². The van der Waals surface area contributed by atoms with E-state index in [1.165, 1.54) is 0 Å². The van der Waals surface area contributed by atoms with Crippen LogP contribution < -0.4 is 10.6 Å². The van der Waals surface area contributed by atoms with Gasteiger partial charge in [0, 0.05) is 30.6 Å². The van der Waals surface area contributed by atoms with Gasteiger partial charge in [0.05, 0.1) is 12.0 Å². The molecule has 1 aliphatic carbocycles. The predicted molar refractivity (Wildman–Crippen MR) is 110 cm³/mol. The number of aryl methyl sites for hydroxylation is 1. The largest absolute Gasteiger partial charge is 0.396 e. The van der Waals surface area contributed by atoms with Crippen LogP contribution in [-0.2, 0) is 11.8 Å². The first-order valence-electron chi connectivity index (χ1n) is 10.2. The number of carbonyl (C=O) groups is 2. The number of nitriles is 1. The fourth-order valence-corrected chi connectivity index (χ4v) is 4.11. The predicted octanol–water partition coefficient (Wildman–Crippen LogP) is 2.25. The third kappa shape index (κ3) is 4.77. The highest BCUT2D eigenvalue weighted by atomic mass is 16.3. The highest BCUT2D eigenvalue weighted by Crippen LogP contribution is 2.26. The zero-order valence-corrected chi connectivity index (χ0v) is 16.7. The van der Waals surface area contributed by atoms with Crippen molar-refractivity contribution in [3.63, 3.8) is 0 Å². The lowest BCUT2D eigenvalue weighted by Gasteiger charge is -2.31. The number of fused-ring (bicyclic) bond motifs is 1. The van der Waals surface area contributed by atoms with Crippen molar-refractivity contribution in [1.29, 1.82) is 5.26 Å². The number of carbonyl (C=O) groups excluding carboxylic acids is 2. The summed E-state index contributed by atoms with van der Waals surface area (Å²) in [6, 6.07) is 10.9. The van der Waals surface area contributed by atoms with Crippen molar-refractivity contribution in [2.24, 2.45) is 13.0 Å². The number of para-hydroxylation sites is 1. The third-order valence-corrected chi connectivity index (χ3v) is 5.73. The Morgan fingerprint density at radius 1 is 1.31 bits per heavy atom. The second-order valence-corrected chi connectivity index (χ2v) is 7.67. The number of aliphatic hydroxyl groups excluding tert-OH is 1. The van der Waals surface area contributed by atoms with Crippen LogP contribution in [0.25, 0.3) is 10.9 Å². The fourth-order valence-electron chi connectivity index (χ4n) is 4.11. The molecular weight excluding hydrogens is 368 g/mol. The van der Waals surface area contributed by atoms with Crippen LogP contribution in [-0.4, -0.2) is 40.2 Å². The molecule has 3 atom stereocenters. The molecule has 7 nitrogen and oxygen atoms in total. The van der Waals surface area contributed by atoms with Crippen molar-refractivity contribution in [3.05, 3.63) is 36.0 Å². The number of nitrogens with zero attached hydrogens (tertiary/aromatic N) is 2. The molecule has 1 heterocycles. The summed E-state index contributed by atoms with van der Waals surface area (Å²) in [5.41, 5.74) is 1.55. The molecule has 1 aromatic carbocycles. The number of nitrogens with one attached hydrogen (secondary N) is 2. The number of aliphatic hydroxyl groups is 1. The van der Waals surface area contributed by atoms with E-state index in [0.717, 1.165) is 30.2 Å². The number of amides is 2. The maximum atomic E-state index is 12.9. The molecule has 0 radical (unpaired) electrons. The minimum Gasteiger partial charge on any atom is -0.396 e. The summed E-state index contributed by atoms with van der Waals surface area (Å²) in [6.07, 6.45) is 4.18. The van der Waals surface area contributed by atoms with Crippen molar-refractivity contribution in [3.8, 4) is 6.07 Å². The zero-order valence-electron chi connectivity index (χ0n) is 16.7. The molecule has 2 aromatic rings. The average Bonchev–Trinajstić information content (AvgIpc) is 3.08. The van der Waals surface area contributed by atoms with Crippen LogP contribution in [0, 0.1) is 17.2 Å². The quantitative estimate of drug-likeness (QED) is 0.667. The maximum Gasteiger partial charge on any atom is 0.268 e. The minimum absolute atomic E-state index is 0.0127. The van der Waals surface area contributed by atoms with Crippen LogP contribution in [0.5, 0.6) is 0 Å². The summed E-state index contributed by atoms with van der Waals surface area (Å²) in [5.74, 6) is -0.741. The van der Waals surface area contributed by atoms with E-state index in [2.05, 4.69) is 16.7 Å². The van der Waals surface area contributed by atoms with E-state index in [-0.39, 0.29) is 30.4 Å². The van der Waals surface area contributed by atoms with Crippen molar-refractivity contribution in [1.82, 2.24) is 15.2 Å². The lowest BCUT2D eigenvalue weighted by Crippen LogP contribution is -2.50. The monoisotopic (exact) mass is 396 g/mol. The van der Waals surface area contributed by atoms with E-state index in [1.54, 1.807) is 0 Å². The molecule has 1 aromatic heterocycles. The second-order valence-electron chi connectivity index (χ2n) is 7.67. The van der Waals surface area contributed by atoms with Crippen LogP contribution in [0.3, 0.4) is 0 Å². The first-order valence-corrected chi connectivity index (χ1v) is 10.2. The SMILES string of the molecule is Cn1c(C(=O)NC2CCCCC2C(=O)NC(C#N)CCCO)cc2ccccc21. The molecule has 1 saturated carbocycles. The lowest BCUT2D eigenvalue weighted by atomic mass is 9.83. The molecule has 0 spiro atoms.